The summed E-state index contributed by atoms with van der Waals surface area (Å²) in [6, 6.07) is 23.3. The summed E-state index contributed by atoms with van der Waals surface area (Å²) in [6.07, 6.45) is 1.66. The van der Waals surface area contributed by atoms with Gasteiger partial charge >= 0.3 is 0 Å². The summed E-state index contributed by atoms with van der Waals surface area (Å²) in [6.45, 7) is 0. The molecule has 7 aromatic rings. The summed E-state index contributed by atoms with van der Waals surface area (Å²) in [5.74, 6) is 0.0583. The van der Waals surface area contributed by atoms with Crippen LogP contribution < -0.4 is 11.3 Å². The fourth-order valence-electron chi connectivity index (χ4n) is 4.95. The van der Waals surface area contributed by atoms with Crippen molar-refractivity contribution in [2.75, 3.05) is 5.73 Å². The topological polar surface area (TPSA) is 89.6 Å². The Balaban J connectivity index is 1.80. The van der Waals surface area contributed by atoms with Crippen LogP contribution >= 0.6 is 0 Å². The van der Waals surface area contributed by atoms with Crippen LogP contribution in [0.15, 0.2) is 77.9 Å². The third kappa shape index (κ3) is 2.03. The molecule has 0 aliphatic carbocycles. The molecule has 146 valence electrons. The van der Waals surface area contributed by atoms with Gasteiger partial charge in [-0.05, 0) is 26.9 Å². The molecular weight excluding hydrogens is 386 g/mol. The number of hydrogen-bond donors (Lipinski definition) is 2. The molecule has 0 saturated heterocycles. The number of hydrogen-bond acceptors (Lipinski definition) is 4. The smallest absolute Gasteiger partial charge is 0.278 e. The quantitative estimate of drug-likeness (QED) is 0.307. The second kappa shape index (κ2) is 5.58. The Labute approximate surface area is 174 Å². The third-order valence-corrected chi connectivity index (χ3v) is 6.18. The van der Waals surface area contributed by atoms with Crippen LogP contribution in [0.3, 0.4) is 0 Å². The van der Waals surface area contributed by atoms with Gasteiger partial charge in [-0.15, -0.1) is 0 Å². The van der Waals surface area contributed by atoms with Crippen molar-refractivity contribution in [2.24, 2.45) is 0 Å². The molecule has 0 unspecified atom stereocenters. The maximum absolute atomic E-state index is 12.8. The number of fused-ring (bicyclic) bond motifs is 3. The normalized spacial score (nSPS) is 12.1. The predicted octanol–water partition coefficient (Wildman–Crippen LogP) is 4.74. The molecule has 0 amide bonds. The number of rotatable bonds is 1. The van der Waals surface area contributed by atoms with E-state index in [9.17, 15) is 4.79 Å². The van der Waals surface area contributed by atoms with Gasteiger partial charge in [-0.1, -0.05) is 66.7 Å². The van der Waals surface area contributed by atoms with Crippen molar-refractivity contribution in [3.05, 3.63) is 83.4 Å². The van der Waals surface area contributed by atoms with E-state index in [-0.39, 0.29) is 11.5 Å². The van der Waals surface area contributed by atoms with Gasteiger partial charge in [-0.3, -0.25) is 14.3 Å². The van der Waals surface area contributed by atoms with Crippen molar-refractivity contribution in [1.29, 1.82) is 0 Å². The van der Waals surface area contributed by atoms with Gasteiger partial charge in [0.05, 0.1) is 5.69 Å². The summed E-state index contributed by atoms with van der Waals surface area (Å²) >= 11 is 0. The molecule has 0 saturated carbocycles. The molecule has 0 bridgehead atoms. The van der Waals surface area contributed by atoms with E-state index in [2.05, 4.69) is 69.5 Å². The molecule has 0 aliphatic rings. The van der Waals surface area contributed by atoms with E-state index in [1.54, 1.807) is 6.33 Å². The number of aromatic nitrogens is 4. The number of nitrogens with two attached hydrogens (primary N) is 1. The SMILES string of the molecule is Nc1nc2ncn(-c3c4ccccc4c4ccc5cccc6ccc3c4c65)c2c(=O)[nH]1. The second-order valence-corrected chi connectivity index (χ2v) is 7.81. The first-order valence-corrected chi connectivity index (χ1v) is 10.0. The Hall–Kier alpha value is -4.45. The molecule has 3 N–H and O–H groups in total. The van der Waals surface area contributed by atoms with E-state index in [1.807, 2.05) is 16.7 Å². The van der Waals surface area contributed by atoms with Gasteiger partial charge in [0.15, 0.2) is 11.2 Å². The number of anilines is 1. The lowest BCUT2D eigenvalue weighted by Gasteiger charge is -2.18. The zero-order valence-corrected chi connectivity index (χ0v) is 16.3. The lowest BCUT2D eigenvalue weighted by atomic mass is 9.89. The average Bonchev–Trinajstić information content (AvgIpc) is 3.20. The van der Waals surface area contributed by atoms with Gasteiger partial charge in [0.25, 0.3) is 5.56 Å². The molecule has 6 heteroatoms. The predicted molar refractivity (Wildman–Crippen MR) is 125 cm³/mol. The molecule has 7 rings (SSSR count). The fourth-order valence-corrected chi connectivity index (χ4v) is 4.95. The number of aromatic amines is 1. The van der Waals surface area contributed by atoms with Crippen molar-refractivity contribution >= 4 is 60.2 Å². The van der Waals surface area contributed by atoms with Gasteiger partial charge in [0.1, 0.15) is 6.33 Å². The summed E-state index contributed by atoms with van der Waals surface area (Å²) in [5, 5.41) is 9.23. The van der Waals surface area contributed by atoms with Crippen LogP contribution in [-0.4, -0.2) is 19.5 Å². The van der Waals surface area contributed by atoms with Crippen molar-refractivity contribution in [3.63, 3.8) is 0 Å². The number of imidazole rings is 1. The van der Waals surface area contributed by atoms with E-state index in [1.165, 1.54) is 26.9 Å². The summed E-state index contributed by atoms with van der Waals surface area (Å²) < 4.78 is 1.84. The number of nitrogens with zero attached hydrogens (tertiary/aromatic N) is 3. The lowest BCUT2D eigenvalue weighted by Crippen LogP contribution is -2.14. The Morgan fingerprint density at radius 2 is 1.52 bits per heavy atom. The maximum atomic E-state index is 12.8. The van der Waals surface area contributed by atoms with Crippen molar-refractivity contribution in [1.82, 2.24) is 19.5 Å². The highest BCUT2D eigenvalue weighted by Crippen LogP contribution is 2.42. The standard InChI is InChI=1S/C25H15N5O/c26-25-28-23-22(24(31)29-25)30(12-27-23)21-17-7-2-1-6-15(17)16-10-8-13-4-3-5-14-9-11-18(21)20(16)19(13)14/h1-12H,(H3,26,28,29,31). The Morgan fingerprint density at radius 1 is 0.774 bits per heavy atom. The average molecular weight is 401 g/mol. The van der Waals surface area contributed by atoms with Crippen LogP contribution in [0.25, 0.3) is 59.9 Å². The lowest BCUT2D eigenvalue weighted by molar-refractivity contribution is 1.10. The molecule has 31 heavy (non-hydrogen) atoms. The first-order valence-electron chi connectivity index (χ1n) is 10.0. The van der Waals surface area contributed by atoms with E-state index in [4.69, 9.17) is 5.73 Å². The minimum Gasteiger partial charge on any atom is -0.369 e. The highest BCUT2D eigenvalue weighted by atomic mass is 16.1. The molecule has 0 fully saturated rings. The zero-order chi connectivity index (χ0) is 20.7. The summed E-state index contributed by atoms with van der Waals surface area (Å²) in [4.78, 5) is 24.0. The first-order chi connectivity index (χ1) is 15.2. The molecule has 0 atom stereocenters. The van der Waals surface area contributed by atoms with Crippen LogP contribution in [0.2, 0.25) is 0 Å². The molecule has 2 heterocycles. The van der Waals surface area contributed by atoms with E-state index in [0.29, 0.717) is 11.2 Å². The van der Waals surface area contributed by atoms with Crippen LogP contribution in [-0.2, 0) is 0 Å². The van der Waals surface area contributed by atoms with E-state index in [0.717, 1.165) is 21.8 Å². The minimum absolute atomic E-state index is 0.0583. The molecule has 0 spiro atoms. The monoisotopic (exact) mass is 401 g/mol. The van der Waals surface area contributed by atoms with Gasteiger partial charge in [0.2, 0.25) is 5.95 Å². The van der Waals surface area contributed by atoms with Crippen molar-refractivity contribution < 1.29 is 0 Å². The minimum atomic E-state index is -0.310. The van der Waals surface area contributed by atoms with Gasteiger partial charge in [0, 0.05) is 16.2 Å². The van der Waals surface area contributed by atoms with Gasteiger partial charge in [-0.25, -0.2) is 4.98 Å². The highest BCUT2D eigenvalue weighted by Gasteiger charge is 2.19. The van der Waals surface area contributed by atoms with Gasteiger partial charge in [-0.2, -0.15) is 4.98 Å². The summed E-state index contributed by atoms with van der Waals surface area (Å²) in [5.41, 5.74) is 7.06. The fraction of sp³-hybridized carbons (Fsp3) is 0. The third-order valence-electron chi connectivity index (χ3n) is 6.18. The molecule has 5 aromatic carbocycles. The molecule has 0 aliphatic heterocycles. The number of nitrogen functional groups attached to an aromatic ring is 1. The highest BCUT2D eigenvalue weighted by molar-refractivity contribution is 6.31. The maximum Gasteiger partial charge on any atom is 0.278 e. The molecule has 2 aromatic heterocycles. The molecule has 0 radical (unpaired) electrons. The van der Waals surface area contributed by atoms with E-state index < -0.39 is 0 Å². The van der Waals surface area contributed by atoms with E-state index >= 15 is 0 Å². The summed E-state index contributed by atoms with van der Waals surface area (Å²) in [7, 11) is 0. The largest absolute Gasteiger partial charge is 0.369 e. The Morgan fingerprint density at radius 3 is 2.32 bits per heavy atom. The Bertz CT molecular complexity index is 1860. The van der Waals surface area contributed by atoms with Crippen LogP contribution in [0.1, 0.15) is 0 Å². The zero-order valence-electron chi connectivity index (χ0n) is 16.3. The second-order valence-electron chi connectivity index (χ2n) is 7.81. The Kier molecular flexibility index (Phi) is 2.94. The van der Waals surface area contributed by atoms with Crippen LogP contribution in [0.5, 0.6) is 0 Å². The first kappa shape index (κ1) is 16.4. The molecule has 6 nitrogen and oxygen atoms in total. The number of benzene rings is 5. The van der Waals surface area contributed by atoms with Gasteiger partial charge < -0.3 is 5.73 Å². The molecular formula is C25H15N5O. The number of nitrogens with one attached hydrogen (secondary N) is 1. The number of H-pyrrole nitrogens is 1. The van der Waals surface area contributed by atoms with Crippen molar-refractivity contribution in [3.8, 4) is 5.69 Å². The van der Waals surface area contributed by atoms with Crippen LogP contribution in [0.4, 0.5) is 5.95 Å². The van der Waals surface area contributed by atoms with Crippen molar-refractivity contribution in [2.45, 2.75) is 0 Å². The van der Waals surface area contributed by atoms with Crippen LogP contribution in [0, 0.1) is 0 Å².